The second kappa shape index (κ2) is 7.51. The summed E-state index contributed by atoms with van der Waals surface area (Å²) in [5.41, 5.74) is 1.14. The molecule has 3 rings (SSSR count). The Morgan fingerprint density at radius 1 is 1.32 bits per heavy atom. The molecule has 132 valence electrons. The number of carbonyl (C=O) groups is 2. The number of aromatic nitrogens is 1. The molecule has 6 nitrogen and oxygen atoms in total. The number of hydrogen-bond acceptors (Lipinski definition) is 5. The Bertz CT molecular complexity index is 754. The Balaban J connectivity index is 1.77. The maximum Gasteiger partial charge on any atom is 0.310 e. The Kier molecular flexibility index (Phi) is 5.16. The number of esters is 1. The third-order valence-corrected chi connectivity index (χ3v) is 4.35. The highest BCUT2D eigenvalue weighted by Crippen LogP contribution is 2.24. The van der Waals surface area contributed by atoms with Crippen molar-refractivity contribution in [3.05, 3.63) is 41.8 Å². The van der Waals surface area contributed by atoms with Crippen LogP contribution in [0.25, 0.3) is 11.5 Å². The second-order valence-electron chi connectivity index (χ2n) is 6.13. The van der Waals surface area contributed by atoms with Gasteiger partial charge in [0.25, 0.3) is 5.91 Å². The molecule has 1 fully saturated rings. The Morgan fingerprint density at radius 2 is 2.08 bits per heavy atom. The van der Waals surface area contributed by atoms with Gasteiger partial charge in [0.05, 0.1) is 12.5 Å². The van der Waals surface area contributed by atoms with E-state index in [9.17, 15) is 9.59 Å². The molecule has 1 aromatic carbocycles. The van der Waals surface area contributed by atoms with Crippen molar-refractivity contribution in [3.8, 4) is 11.5 Å². The lowest BCUT2D eigenvalue weighted by Crippen LogP contribution is -2.43. The van der Waals surface area contributed by atoms with Gasteiger partial charge in [0.2, 0.25) is 5.89 Å². The highest BCUT2D eigenvalue weighted by Gasteiger charge is 2.32. The number of amides is 1. The van der Waals surface area contributed by atoms with E-state index >= 15 is 0 Å². The molecule has 1 atom stereocenters. The quantitative estimate of drug-likeness (QED) is 0.799. The van der Waals surface area contributed by atoms with Crippen molar-refractivity contribution < 1.29 is 18.7 Å². The van der Waals surface area contributed by atoms with Gasteiger partial charge in [-0.05, 0) is 38.8 Å². The Labute approximate surface area is 146 Å². The molecule has 1 aliphatic heterocycles. The molecule has 2 heterocycles. The van der Waals surface area contributed by atoms with Gasteiger partial charge in [-0.25, -0.2) is 4.98 Å². The Hall–Kier alpha value is -2.63. The zero-order valence-corrected chi connectivity index (χ0v) is 14.5. The van der Waals surface area contributed by atoms with Crippen LogP contribution in [-0.2, 0) is 9.53 Å². The number of nitrogens with zero attached hydrogens (tertiary/aromatic N) is 2. The predicted octanol–water partition coefficient (Wildman–Crippen LogP) is 3.07. The number of rotatable bonds is 4. The summed E-state index contributed by atoms with van der Waals surface area (Å²) in [4.78, 5) is 30.9. The number of hydrogen-bond donors (Lipinski definition) is 0. The highest BCUT2D eigenvalue weighted by atomic mass is 16.5. The molecule has 25 heavy (non-hydrogen) atoms. The van der Waals surface area contributed by atoms with Crippen molar-refractivity contribution in [2.45, 2.75) is 26.7 Å². The first-order chi connectivity index (χ1) is 12.1. The van der Waals surface area contributed by atoms with Crippen molar-refractivity contribution in [1.29, 1.82) is 0 Å². The van der Waals surface area contributed by atoms with Gasteiger partial charge in [-0.15, -0.1) is 0 Å². The second-order valence-corrected chi connectivity index (χ2v) is 6.13. The first-order valence-corrected chi connectivity index (χ1v) is 8.59. The molecule has 0 aliphatic carbocycles. The first kappa shape index (κ1) is 17.2. The minimum atomic E-state index is -0.265. The summed E-state index contributed by atoms with van der Waals surface area (Å²) in [5.74, 6) is 0.222. The summed E-state index contributed by atoms with van der Waals surface area (Å²) in [6.45, 7) is 4.85. The first-order valence-electron chi connectivity index (χ1n) is 8.59. The van der Waals surface area contributed by atoms with E-state index in [4.69, 9.17) is 9.15 Å². The van der Waals surface area contributed by atoms with E-state index in [0.717, 1.165) is 18.4 Å². The topological polar surface area (TPSA) is 72.6 Å². The smallest absolute Gasteiger partial charge is 0.310 e. The van der Waals surface area contributed by atoms with E-state index in [1.807, 2.05) is 30.3 Å². The average molecular weight is 342 g/mol. The molecular formula is C19H22N2O4. The van der Waals surface area contributed by atoms with E-state index < -0.39 is 0 Å². The normalized spacial score (nSPS) is 17.4. The molecule has 1 aromatic heterocycles. The number of benzene rings is 1. The maximum absolute atomic E-state index is 12.8. The molecule has 0 N–H and O–H groups in total. The van der Waals surface area contributed by atoms with E-state index in [2.05, 4.69) is 4.98 Å². The summed E-state index contributed by atoms with van der Waals surface area (Å²) in [6.07, 6.45) is 1.52. The van der Waals surface area contributed by atoms with Crippen LogP contribution in [0.15, 0.2) is 34.7 Å². The number of likely N-dealkylation sites (tertiary alicyclic amines) is 1. The fraction of sp³-hybridized carbons (Fsp3) is 0.421. The predicted molar refractivity (Wildman–Crippen MR) is 91.9 cm³/mol. The monoisotopic (exact) mass is 342 g/mol. The lowest BCUT2D eigenvalue weighted by molar-refractivity contribution is -0.149. The number of piperidine rings is 1. The standard InChI is InChI=1S/C19H22N2O4/c1-3-24-19(23)15-10-7-11-21(12-15)18(22)16-13(2)25-17(20-16)14-8-5-4-6-9-14/h4-6,8-9,15H,3,7,10-12H2,1-2H3. The lowest BCUT2D eigenvalue weighted by atomic mass is 9.98. The summed E-state index contributed by atoms with van der Waals surface area (Å²) in [5, 5.41) is 0. The number of carbonyl (C=O) groups excluding carboxylic acids is 2. The van der Waals surface area contributed by atoms with Gasteiger partial charge in [-0.2, -0.15) is 0 Å². The Morgan fingerprint density at radius 3 is 2.80 bits per heavy atom. The summed E-state index contributed by atoms with van der Waals surface area (Å²) in [7, 11) is 0. The van der Waals surface area contributed by atoms with Gasteiger partial charge in [0, 0.05) is 18.7 Å². The highest BCUT2D eigenvalue weighted by molar-refractivity contribution is 5.94. The van der Waals surface area contributed by atoms with Crippen LogP contribution in [0.4, 0.5) is 0 Å². The fourth-order valence-corrected chi connectivity index (χ4v) is 3.06. The van der Waals surface area contributed by atoms with Gasteiger partial charge >= 0.3 is 5.97 Å². The van der Waals surface area contributed by atoms with Crippen LogP contribution < -0.4 is 0 Å². The number of oxazole rings is 1. The molecule has 0 radical (unpaired) electrons. The van der Waals surface area contributed by atoms with Crippen LogP contribution in [-0.4, -0.2) is 41.5 Å². The van der Waals surface area contributed by atoms with Crippen molar-refractivity contribution >= 4 is 11.9 Å². The van der Waals surface area contributed by atoms with Crippen LogP contribution in [0.5, 0.6) is 0 Å². The molecule has 0 saturated carbocycles. The third kappa shape index (κ3) is 3.73. The van der Waals surface area contributed by atoms with E-state index in [-0.39, 0.29) is 17.8 Å². The summed E-state index contributed by atoms with van der Waals surface area (Å²) < 4.78 is 10.8. The number of aryl methyl sites for hydroxylation is 1. The molecule has 2 aromatic rings. The van der Waals surface area contributed by atoms with Gasteiger partial charge < -0.3 is 14.1 Å². The average Bonchev–Trinajstić information content (AvgIpc) is 3.04. The van der Waals surface area contributed by atoms with Crippen molar-refractivity contribution in [3.63, 3.8) is 0 Å². The molecular weight excluding hydrogens is 320 g/mol. The SMILES string of the molecule is CCOC(=O)C1CCCN(C(=O)c2nc(-c3ccccc3)oc2C)C1. The zero-order chi connectivity index (χ0) is 17.8. The molecule has 1 saturated heterocycles. The van der Waals surface area contributed by atoms with E-state index in [1.54, 1.807) is 18.7 Å². The molecule has 1 unspecified atom stereocenters. The van der Waals surface area contributed by atoms with Crippen LogP contribution in [0, 0.1) is 12.8 Å². The zero-order valence-electron chi connectivity index (χ0n) is 14.5. The minimum absolute atomic E-state index is 0.197. The molecule has 1 amide bonds. The number of ether oxygens (including phenoxy) is 1. The maximum atomic E-state index is 12.8. The van der Waals surface area contributed by atoms with Crippen LogP contribution in [0.1, 0.15) is 36.0 Å². The summed E-state index contributed by atoms with van der Waals surface area (Å²) in [6, 6.07) is 9.47. The molecule has 0 bridgehead atoms. The van der Waals surface area contributed by atoms with Crippen LogP contribution in [0.2, 0.25) is 0 Å². The van der Waals surface area contributed by atoms with Gasteiger partial charge in [0.1, 0.15) is 5.76 Å². The van der Waals surface area contributed by atoms with Gasteiger partial charge in [0.15, 0.2) is 5.69 Å². The molecule has 1 aliphatic rings. The summed E-state index contributed by atoms with van der Waals surface area (Å²) >= 11 is 0. The van der Waals surface area contributed by atoms with Crippen molar-refractivity contribution in [2.75, 3.05) is 19.7 Å². The third-order valence-electron chi connectivity index (χ3n) is 4.35. The van der Waals surface area contributed by atoms with Gasteiger partial charge in [-0.1, -0.05) is 18.2 Å². The van der Waals surface area contributed by atoms with Crippen LogP contribution >= 0.6 is 0 Å². The van der Waals surface area contributed by atoms with E-state index in [1.165, 1.54) is 0 Å². The molecule has 0 spiro atoms. The van der Waals surface area contributed by atoms with Gasteiger partial charge in [-0.3, -0.25) is 9.59 Å². The van der Waals surface area contributed by atoms with Crippen molar-refractivity contribution in [2.24, 2.45) is 5.92 Å². The fourth-order valence-electron chi connectivity index (χ4n) is 3.06. The van der Waals surface area contributed by atoms with Crippen molar-refractivity contribution in [1.82, 2.24) is 9.88 Å². The van der Waals surface area contributed by atoms with E-state index in [0.29, 0.717) is 37.0 Å². The lowest BCUT2D eigenvalue weighted by Gasteiger charge is -2.31. The molecule has 6 heteroatoms. The largest absolute Gasteiger partial charge is 0.466 e. The van der Waals surface area contributed by atoms with Crippen LogP contribution in [0.3, 0.4) is 0 Å². The minimum Gasteiger partial charge on any atom is -0.466 e.